The van der Waals surface area contributed by atoms with Gasteiger partial charge in [-0.3, -0.25) is 5.32 Å². The van der Waals surface area contributed by atoms with E-state index in [9.17, 15) is 4.79 Å². The molecular weight excluding hydrogens is 276 g/mol. The number of nitrogens with zero attached hydrogens (tertiary/aromatic N) is 2. The molecule has 0 aliphatic heterocycles. The zero-order valence-electron chi connectivity index (χ0n) is 11.6. The van der Waals surface area contributed by atoms with Crippen LogP contribution in [0.25, 0.3) is 0 Å². The number of aryl methyl sites for hydroxylation is 2. The Bertz CT molecular complexity index is 551. The van der Waals surface area contributed by atoms with Gasteiger partial charge in [-0.1, -0.05) is 25.4 Å². The van der Waals surface area contributed by atoms with Crippen LogP contribution in [0, 0.1) is 0 Å². The summed E-state index contributed by atoms with van der Waals surface area (Å²) in [5.41, 5.74) is 1.77. The minimum atomic E-state index is -0.285. The van der Waals surface area contributed by atoms with Crippen molar-refractivity contribution >= 4 is 22.5 Å². The number of rotatable bonds is 6. The average Bonchev–Trinajstić information content (AvgIpc) is 3.06. The lowest BCUT2D eigenvalue weighted by molar-refractivity contribution is 0.251. The van der Waals surface area contributed by atoms with Crippen molar-refractivity contribution in [1.82, 2.24) is 15.5 Å². The summed E-state index contributed by atoms with van der Waals surface area (Å²) in [6.45, 7) is 4.55. The Balaban J connectivity index is 1.90. The smallest absolute Gasteiger partial charge is 0.321 e. The Morgan fingerprint density at radius 2 is 2.30 bits per heavy atom. The van der Waals surface area contributed by atoms with Crippen molar-refractivity contribution in [3.8, 4) is 0 Å². The molecular formula is C13H18N4O2S. The molecule has 0 bridgehead atoms. The molecule has 0 aromatic carbocycles. The first kappa shape index (κ1) is 14.5. The number of amides is 2. The second kappa shape index (κ2) is 7.04. The van der Waals surface area contributed by atoms with E-state index < -0.39 is 0 Å². The Kier molecular flexibility index (Phi) is 5.11. The number of urea groups is 1. The molecule has 0 spiro atoms. The summed E-state index contributed by atoms with van der Waals surface area (Å²) in [7, 11) is 0. The predicted molar refractivity (Wildman–Crippen MR) is 77.8 cm³/mol. The fourth-order valence-corrected chi connectivity index (χ4v) is 2.73. The fourth-order valence-electron chi connectivity index (χ4n) is 1.79. The van der Waals surface area contributed by atoms with E-state index in [0.29, 0.717) is 17.4 Å². The second-order valence-electron chi connectivity index (χ2n) is 4.29. The molecule has 0 saturated heterocycles. The summed E-state index contributed by atoms with van der Waals surface area (Å²) in [5, 5.41) is 9.83. The van der Waals surface area contributed by atoms with Gasteiger partial charge >= 0.3 is 6.03 Å². The number of hydrogen-bond acceptors (Lipinski definition) is 5. The monoisotopic (exact) mass is 294 g/mol. The quantitative estimate of drug-likeness (QED) is 0.858. The number of hydrogen-bond donors (Lipinski definition) is 2. The van der Waals surface area contributed by atoms with Crippen LogP contribution in [0.15, 0.2) is 16.9 Å². The van der Waals surface area contributed by atoms with E-state index in [-0.39, 0.29) is 6.03 Å². The molecule has 0 fully saturated rings. The van der Waals surface area contributed by atoms with E-state index in [1.54, 1.807) is 6.07 Å². The van der Waals surface area contributed by atoms with Gasteiger partial charge < -0.3 is 9.84 Å². The van der Waals surface area contributed by atoms with Gasteiger partial charge in [0.05, 0.1) is 12.2 Å². The summed E-state index contributed by atoms with van der Waals surface area (Å²) in [5.74, 6) is 0. The van der Waals surface area contributed by atoms with Crippen LogP contribution in [-0.4, -0.2) is 16.2 Å². The number of thiazole rings is 1. The van der Waals surface area contributed by atoms with Gasteiger partial charge in [0, 0.05) is 10.9 Å². The molecule has 2 amide bonds. The van der Waals surface area contributed by atoms with Crippen molar-refractivity contribution in [1.29, 1.82) is 0 Å². The van der Waals surface area contributed by atoms with Gasteiger partial charge in [0.2, 0.25) is 0 Å². The van der Waals surface area contributed by atoms with Crippen molar-refractivity contribution < 1.29 is 9.32 Å². The predicted octanol–water partition coefficient (Wildman–Crippen LogP) is 2.97. The average molecular weight is 294 g/mol. The maximum atomic E-state index is 11.8. The maximum absolute atomic E-state index is 11.8. The molecule has 20 heavy (non-hydrogen) atoms. The molecule has 2 aromatic heterocycles. The lowest BCUT2D eigenvalue weighted by Gasteiger charge is -2.02. The van der Waals surface area contributed by atoms with E-state index in [0.717, 1.165) is 25.0 Å². The van der Waals surface area contributed by atoms with Gasteiger partial charge in [-0.2, -0.15) is 0 Å². The summed E-state index contributed by atoms with van der Waals surface area (Å²) < 4.78 is 4.69. The van der Waals surface area contributed by atoms with Crippen LogP contribution in [0.5, 0.6) is 0 Å². The second-order valence-corrected chi connectivity index (χ2v) is 5.37. The largest absolute Gasteiger partial charge is 0.364 e. The van der Waals surface area contributed by atoms with Gasteiger partial charge in [0.15, 0.2) is 5.13 Å². The van der Waals surface area contributed by atoms with E-state index in [2.05, 4.69) is 34.6 Å². The lowest BCUT2D eigenvalue weighted by atomic mass is 10.2. The van der Waals surface area contributed by atoms with Crippen molar-refractivity contribution in [2.75, 3.05) is 5.32 Å². The highest BCUT2D eigenvalue weighted by atomic mass is 32.1. The molecule has 2 aromatic rings. The zero-order chi connectivity index (χ0) is 14.4. The molecule has 0 atom stereocenters. The van der Waals surface area contributed by atoms with Gasteiger partial charge in [-0.15, -0.1) is 11.3 Å². The minimum Gasteiger partial charge on any atom is -0.364 e. The molecule has 2 rings (SSSR count). The third-order valence-corrected chi connectivity index (χ3v) is 3.89. The number of aromatic nitrogens is 2. The Morgan fingerprint density at radius 3 is 2.95 bits per heavy atom. The van der Waals surface area contributed by atoms with Gasteiger partial charge in [0.1, 0.15) is 12.0 Å². The highest BCUT2D eigenvalue weighted by molar-refractivity contribution is 7.15. The van der Waals surface area contributed by atoms with Gasteiger partial charge in [0.25, 0.3) is 0 Å². The Hall–Kier alpha value is -1.89. The first-order chi connectivity index (χ1) is 9.72. The van der Waals surface area contributed by atoms with Crippen molar-refractivity contribution in [2.45, 2.75) is 39.7 Å². The number of carbonyl (C=O) groups is 1. The summed E-state index contributed by atoms with van der Waals surface area (Å²) in [6, 6.07) is 1.42. The van der Waals surface area contributed by atoms with E-state index in [4.69, 9.17) is 4.52 Å². The Morgan fingerprint density at radius 1 is 1.45 bits per heavy atom. The summed E-state index contributed by atoms with van der Waals surface area (Å²) >= 11 is 1.53. The number of carbonyl (C=O) groups excluding carboxylic acids is 1. The Labute approximate surface area is 121 Å². The van der Waals surface area contributed by atoms with Crippen molar-refractivity contribution in [3.63, 3.8) is 0 Å². The topological polar surface area (TPSA) is 80.0 Å². The normalized spacial score (nSPS) is 10.5. The molecule has 0 aliphatic rings. The molecule has 2 heterocycles. The highest BCUT2D eigenvalue weighted by Gasteiger charge is 2.11. The standard InChI is InChI=1S/C13H18N4O2S/c1-3-5-10-11(4-2)20-13(15-10)16-12(18)14-8-9-6-7-19-17-9/h6-7H,3-5,8H2,1-2H3,(H2,14,15,16,18). The van der Waals surface area contributed by atoms with Crippen LogP contribution in [0.4, 0.5) is 9.93 Å². The first-order valence-corrected chi connectivity index (χ1v) is 7.47. The van der Waals surface area contributed by atoms with Crippen LogP contribution in [-0.2, 0) is 19.4 Å². The maximum Gasteiger partial charge on any atom is 0.321 e. The SMILES string of the molecule is CCCc1nc(NC(=O)NCc2ccon2)sc1CC. The van der Waals surface area contributed by atoms with Crippen molar-refractivity contribution in [2.24, 2.45) is 0 Å². The third kappa shape index (κ3) is 3.80. The molecule has 0 aliphatic carbocycles. The molecule has 7 heteroatoms. The van der Waals surface area contributed by atoms with E-state index >= 15 is 0 Å². The number of nitrogens with one attached hydrogen (secondary N) is 2. The van der Waals surface area contributed by atoms with Crippen LogP contribution in [0.2, 0.25) is 0 Å². The van der Waals surface area contributed by atoms with Crippen LogP contribution < -0.4 is 10.6 Å². The highest BCUT2D eigenvalue weighted by Crippen LogP contribution is 2.24. The van der Waals surface area contributed by atoms with Gasteiger partial charge in [-0.25, -0.2) is 9.78 Å². The molecule has 0 unspecified atom stereocenters. The number of anilines is 1. The zero-order valence-corrected chi connectivity index (χ0v) is 12.4. The molecule has 2 N–H and O–H groups in total. The third-order valence-electron chi connectivity index (χ3n) is 2.73. The first-order valence-electron chi connectivity index (χ1n) is 6.65. The lowest BCUT2D eigenvalue weighted by Crippen LogP contribution is -2.28. The van der Waals surface area contributed by atoms with E-state index in [1.165, 1.54) is 22.5 Å². The minimum absolute atomic E-state index is 0.285. The summed E-state index contributed by atoms with van der Waals surface area (Å²) in [6.07, 6.45) is 4.41. The van der Waals surface area contributed by atoms with Crippen molar-refractivity contribution in [3.05, 3.63) is 28.6 Å². The van der Waals surface area contributed by atoms with E-state index in [1.807, 2.05) is 0 Å². The molecule has 0 radical (unpaired) electrons. The van der Waals surface area contributed by atoms with Crippen LogP contribution >= 0.6 is 11.3 Å². The summed E-state index contributed by atoms with van der Waals surface area (Å²) in [4.78, 5) is 17.5. The molecule has 6 nitrogen and oxygen atoms in total. The van der Waals surface area contributed by atoms with Crippen LogP contribution in [0.1, 0.15) is 36.5 Å². The molecule has 108 valence electrons. The molecule has 0 saturated carbocycles. The van der Waals surface area contributed by atoms with Gasteiger partial charge in [-0.05, 0) is 12.8 Å². The fraction of sp³-hybridized carbons (Fsp3) is 0.462. The van der Waals surface area contributed by atoms with Crippen LogP contribution in [0.3, 0.4) is 0 Å².